The van der Waals surface area contributed by atoms with Crippen LogP contribution in [0.2, 0.25) is 0 Å². The van der Waals surface area contributed by atoms with E-state index in [2.05, 4.69) is 6.92 Å². The zero-order valence-corrected chi connectivity index (χ0v) is 10.5. The van der Waals surface area contributed by atoms with E-state index in [1.807, 2.05) is 20.8 Å². The van der Waals surface area contributed by atoms with Crippen molar-refractivity contribution in [2.45, 2.75) is 46.6 Å². The van der Waals surface area contributed by atoms with E-state index >= 15 is 0 Å². The molecule has 16 heavy (non-hydrogen) atoms. The molecule has 0 heterocycles. The summed E-state index contributed by atoms with van der Waals surface area (Å²) >= 11 is 0. The van der Waals surface area contributed by atoms with Gasteiger partial charge in [0.25, 0.3) is 0 Å². The molecule has 0 amide bonds. The fraction of sp³-hybridized carbons (Fsp3) is 0.571. The van der Waals surface area contributed by atoms with Crippen LogP contribution in [0.15, 0.2) is 18.2 Å². The summed E-state index contributed by atoms with van der Waals surface area (Å²) < 4.78 is 13.1. The van der Waals surface area contributed by atoms with E-state index in [1.165, 1.54) is 12.1 Å². The molecule has 1 unspecified atom stereocenters. The fourth-order valence-corrected chi connectivity index (χ4v) is 1.58. The van der Waals surface area contributed by atoms with E-state index in [9.17, 15) is 9.50 Å². The van der Waals surface area contributed by atoms with Crippen molar-refractivity contribution in [2.24, 2.45) is 5.41 Å². The first-order valence-corrected chi connectivity index (χ1v) is 5.80. The van der Waals surface area contributed by atoms with Gasteiger partial charge in [-0.2, -0.15) is 0 Å². The first-order chi connectivity index (χ1) is 7.36. The first-order valence-electron chi connectivity index (χ1n) is 5.80. The minimum absolute atomic E-state index is 0.126. The summed E-state index contributed by atoms with van der Waals surface area (Å²) in [7, 11) is 0. The van der Waals surface area contributed by atoms with Crippen LogP contribution >= 0.6 is 0 Å². The van der Waals surface area contributed by atoms with Gasteiger partial charge < -0.3 is 5.11 Å². The van der Waals surface area contributed by atoms with E-state index < -0.39 is 6.10 Å². The number of hydrogen-bond donors (Lipinski definition) is 1. The molecular weight excluding hydrogens is 203 g/mol. The molecule has 0 radical (unpaired) electrons. The molecule has 0 bridgehead atoms. The third kappa shape index (κ3) is 3.05. The molecule has 1 nitrogen and oxygen atoms in total. The quantitative estimate of drug-likeness (QED) is 0.830. The van der Waals surface area contributed by atoms with Crippen molar-refractivity contribution < 1.29 is 9.50 Å². The van der Waals surface area contributed by atoms with Crippen LogP contribution in [0.1, 0.15) is 38.3 Å². The normalized spacial score (nSPS) is 13.9. The fourth-order valence-electron chi connectivity index (χ4n) is 1.58. The van der Waals surface area contributed by atoms with Gasteiger partial charge >= 0.3 is 0 Å². The second-order valence-electron chi connectivity index (χ2n) is 5.13. The third-order valence-electron chi connectivity index (χ3n) is 3.54. The SMILES string of the molecule is CCC(C)(C)C(O)Cc1cc(F)ccc1C. The lowest BCUT2D eigenvalue weighted by molar-refractivity contribution is 0.0478. The van der Waals surface area contributed by atoms with Gasteiger partial charge in [-0.1, -0.05) is 26.8 Å². The van der Waals surface area contributed by atoms with Crippen molar-refractivity contribution in [3.63, 3.8) is 0 Å². The van der Waals surface area contributed by atoms with Crippen LogP contribution in [-0.2, 0) is 6.42 Å². The number of aliphatic hydroxyl groups is 1. The predicted octanol–water partition coefficient (Wildman–Crippen LogP) is 3.47. The largest absolute Gasteiger partial charge is 0.392 e. The zero-order chi connectivity index (χ0) is 12.3. The maximum absolute atomic E-state index is 13.1. The van der Waals surface area contributed by atoms with Crippen molar-refractivity contribution >= 4 is 0 Å². The van der Waals surface area contributed by atoms with Gasteiger partial charge in [-0.05, 0) is 48.4 Å². The van der Waals surface area contributed by atoms with E-state index in [0.29, 0.717) is 6.42 Å². The number of benzene rings is 1. The van der Waals surface area contributed by atoms with Gasteiger partial charge in [-0.25, -0.2) is 4.39 Å². The lowest BCUT2D eigenvalue weighted by atomic mass is 9.80. The Hall–Kier alpha value is -0.890. The molecular formula is C14H21FO. The molecule has 0 saturated carbocycles. The Bertz CT molecular complexity index is 358. The van der Waals surface area contributed by atoms with Crippen molar-refractivity contribution in [3.05, 3.63) is 35.1 Å². The zero-order valence-electron chi connectivity index (χ0n) is 10.5. The molecule has 0 aliphatic rings. The standard InChI is InChI=1S/C14H21FO/c1-5-14(3,4)13(16)9-11-8-12(15)7-6-10(11)2/h6-8,13,16H,5,9H2,1-4H3. The summed E-state index contributed by atoms with van der Waals surface area (Å²) in [5.74, 6) is -0.234. The minimum atomic E-state index is -0.432. The second-order valence-corrected chi connectivity index (χ2v) is 5.13. The molecule has 90 valence electrons. The molecule has 1 aromatic rings. The predicted molar refractivity (Wildman–Crippen MR) is 64.9 cm³/mol. The monoisotopic (exact) mass is 224 g/mol. The van der Waals surface area contributed by atoms with Crippen LogP contribution < -0.4 is 0 Å². The number of hydrogen-bond acceptors (Lipinski definition) is 1. The summed E-state index contributed by atoms with van der Waals surface area (Å²) in [6, 6.07) is 4.73. The number of aryl methyl sites for hydroxylation is 1. The van der Waals surface area contributed by atoms with Gasteiger partial charge in [0.2, 0.25) is 0 Å². The Balaban J connectivity index is 2.84. The minimum Gasteiger partial charge on any atom is -0.392 e. The highest BCUT2D eigenvalue weighted by Gasteiger charge is 2.26. The van der Waals surface area contributed by atoms with Gasteiger partial charge in [0.15, 0.2) is 0 Å². The van der Waals surface area contributed by atoms with E-state index in [1.54, 1.807) is 6.07 Å². The van der Waals surface area contributed by atoms with Crippen molar-refractivity contribution in [2.75, 3.05) is 0 Å². The highest BCUT2D eigenvalue weighted by atomic mass is 19.1. The Morgan fingerprint density at radius 3 is 2.56 bits per heavy atom. The second kappa shape index (κ2) is 4.96. The maximum atomic E-state index is 13.1. The molecule has 0 spiro atoms. The topological polar surface area (TPSA) is 20.2 Å². The number of halogens is 1. The molecule has 0 aliphatic heterocycles. The molecule has 1 N–H and O–H groups in total. The summed E-state index contributed by atoms with van der Waals surface area (Å²) in [5.41, 5.74) is 1.81. The smallest absolute Gasteiger partial charge is 0.123 e. The van der Waals surface area contributed by atoms with Gasteiger partial charge in [-0.15, -0.1) is 0 Å². The van der Waals surface area contributed by atoms with Crippen LogP contribution in [0.4, 0.5) is 4.39 Å². The summed E-state index contributed by atoms with van der Waals surface area (Å²) in [4.78, 5) is 0. The number of aliphatic hydroxyl groups excluding tert-OH is 1. The molecule has 0 fully saturated rings. The van der Waals surface area contributed by atoms with Gasteiger partial charge in [-0.3, -0.25) is 0 Å². The lowest BCUT2D eigenvalue weighted by Gasteiger charge is -2.29. The summed E-state index contributed by atoms with van der Waals surface area (Å²) in [6.07, 6.45) is 0.991. The highest BCUT2D eigenvalue weighted by molar-refractivity contribution is 5.27. The Kier molecular flexibility index (Phi) is 4.09. The molecule has 0 aromatic heterocycles. The molecule has 1 rings (SSSR count). The highest BCUT2D eigenvalue weighted by Crippen LogP contribution is 2.28. The van der Waals surface area contributed by atoms with Gasteiger partial charge in [0.05, 0.1) is 6.10 Å². The first kappa shape index (κ1) is 13.2. The molecule has 2 heteroatoms. The summed E-state index contributed by atoms with van der Waals surface area (Å²) in [5, 5.41) is 10.1. The van der Waals surface area contributed by atoms with Crippen molar-refractivity contribution in [1.82, 2.24) is 0 Å². The summed E-state index contributed by atoms with van der Waals surface area (Å²) in [6.45, 7) is 8.07. The molecule has 1 aromatic carbocycles. The van der Waals surface area contributed by atoms with Crippen LogP contribution in [0.25, 0.3) is 0 Å². The third-order valence-corrected chi connectivity index (χ3v) is 3.54. The van der Waals surface area contributed by atoms with Crippen LogP contribution in [0, 0.1) is 18.2 Å². The molecule has 0 aliphatic carbocycles. The van der Waals surface area contributed by atoms with Crippen molar-refractivity contribution in [1.29, 1.82) is 0 Å². The van der Waals surface area contributed by atoms with Crippen LogP contribution in [-0.4, -0.2) is 11.2 Å². The lowest BCUT2D eigenvalue weighted by Crippen LogP contribution is -2.30. The average Bonchev–Trinajstić information content (AvgIpc) is 2.23. The average molecular weight is 224 g/mol. The van der Waals surface area contributed by atoms with Crippen LogP contribution in [0.3, 0.4) is 0 Å². The maximum Gasteiger partial charge on any atom is 0.123 e. The van der Waals surface area contributed by atoms with Crippen molar-refractivity contribution in [3.8, 4) is 0 Å². The van der Waals surface area contributed by atoms with Gasteiger partial charge in [0.1, 0.15) is 5.82 Å². The van der Waals surface area contributed by atoms with Crippen LogP contribution in [0.5, 0.6) is 0 Å². The number of rotatable bonds is 4. The van der Waals surface area contributed by atoms with E-state index in [-0.39, 0.29) is 11.2 Å². The molecule has 0 saturated heterocycles. The van der Waals surface area contributed by atoms with Gasteiger partial charge in [0, 0.05) is 0 Å². The Labute approximate surface area is 97.3 Å². The Morgan fingerprint density at radius 1 is 1.38 bits per heavy atom. The van der Waals surface area contributed by atoms with E-state index in [4.69, 9.17) is 0 Å². The van der Waals surface area contributed by atoms with E-state index in [0.717, 1.165) is 17.5 Å². The Morgan fingerprint density at radius 2 is 2.00 bits per heavy atom. The molecule has 1 atom stereocenters.